The first-order valence-electron chi connectivity index (χ1n) is 6.83. The van der Waals surface area contributed by atoms with Crippen molar-refractivity contribution in [3.63, 3.8) is 0 Å². The molecule has 0 amide bonds. The molecule has 20 heavy (non-hydrogen) atoms. The Morgan fingerprint density at radius 2 is 2.05 bits per heavy atom. The lowest BCUT2D eigenvalue weighted by molar-refractivity contribution is -0.144. The van der Waals surface area contributed by atoms with Crippen LogP contribution in [0.1, 0.15) is 25.8 Å². The Hall–Kier alpha value is -1.04. The van der Waals surface area contributed by atoms with Crippen LogP contribution in [-0.2, 0) is 10.3 Å². The summed E-state index contributed by atoms with van der Waals surface area (Å²) in [4.78, 5) is 11.9. The molecule has 0 saturated heterocycles. The SMILES string of the molecule is CCNC(CSC(C)CCO)(C(=O)O)c1ccccc1. The van der Waals surface area contributed by atoms with Crippen LogP contribution in [0.2, 0.25) is 0 Å². The average Bonchev–Trinajstić information content (AvgIpc) is 2.44. The third-order valence-electron chi connectivity index (χ3n) is 3.23. The molecule has 0 aliphatic heterocycles. The van der Waals surface area contributed by atoms with Crippen LogP contribution in [0.4, 0.5) is 0 Å². The van der Waals surface area contributed by atoms with Crippen molar-refractivity contribution in [2.45, 2.75) is 31.1 Å². The van der Waals surface area contributed by atoms with Crippen LogP contribution >= 0.6 is 11.8 Å². The second kappa shape index (κ2) is 8.29. The highest BCUT2D eigenvalue weighted by Gasteiger charge is 2.39. The fraction of sp³-hybridized carbons (Fsp3) is 0.533. The molecular formula is C15H23NO3S. The summed E-state index contributed by atoms with van der Waals surface area (Å²) in [6.07, 6.45) is 0.668. The molecule has 4 nitrogen and oxygen atoms in total. The van der Waals surface area contributed by atoms with Crippen molar-refractivity contribution in [2.75, 3.05) is 18.9 Å². The van der Waals surface area contributed by atoms with Crippen molar-refractivity contribution >= 4 is 17.7 Å². The van der Waals surface area contributed by atoms with Gasteiger partial charge in [0.05, 0.1) is 0 Å². The molecule has 0 heterocycles. The van der Waals surface area contributed by atoms with E-state index in [0.717, 1.165) is 5.56 Å². The maximum Gasteiger partial charge on any atom is 0.329 e. The summed E-state index contributed by atoms with van der Waals surface area (Å²) in [6, 6.07) is 9.27. The van der Waals surface area contributed by atoms with Crippen LogP contribution in [0.3, 0.4) is 0 Å². The molecule has 2 atom stereocenters. The van der Waals surface area contributed by atoms with Crippen LogP contribution in [0.25, 0.3) is 0 Å². The maximum absolute atomic E-state index is 11.9. The number of likely N-dealkylation sites (N-methyl/N-ethyl adjacent to an activating group) is 1. The monoisotopic (exact) mass is 297 g/mol. The lowest BCUT2D eigenvalue weighted by atomic mass is 9.92. The van der Waals surface area contributed by atoms with E-state index < -0.39 is 11.5 Å². The van der Waals surface area contributed by atoms with E-state index in [-0.39, 0.29) is 11.9 Å². The molecule has 2 unspecified atom stereocenters. The van der Waals surface area contributed by atoms with Crippen molar-refractivity contribution in [1.29, 1.82) is 0 Å². The normalized spacial score (nSPS) is 15.6. The second-order valence-corrected chi connectivity index (χ2v) is 6.17. The van der Waals surface area contributed by atoms with Gasteiger partial charge in [-0.3, -0.25) is 5.32 Å². The minimum Gasteiger partial charge on any atom is -0.480 e. The summed E-state index contributed by atoms with van der Waals surface area (Å²) >= 11 is 1.57. The van der Waals surface area contributed by atoms with Crippen molar-refractivity contribution in [3.05, 3.63) is 35.9 Å². The molecule has 0 fully saturated rings. The topological polar surface area (TPSA) is 69.6 Å². The van der Waals surface area contributed by atoms with Gasteiger partial charge in [-0.15, -0.1) is 0 Å². The van der Waals surface area contributed by atoms with Gasteiger partial charge in [-0.2, -0.15) is 11.8 Å². The van der Waals surface area contributed by atoms with E-state index in [0.29, 0.717) is 18.7 Å². The van der Waals surface area contributed by atoms with Crippen molar-refractivity contribution < 1.29 is 15.0 Å². The van der Waals surface area contributed by atoms with Gasteiger partial charge < -0.3 is 10.2 Å². The van der Waals surface area contributed by atoms with E-state index >= 15 is 0 Å². The van der Waals surface area contributed by atoms with E-state index in [2.05, 4.69) is 5.32 Å². The summed E-state index contributed by atoms with van der Waals surface area (Å²) in [5.74, 6) is -0.435. The van der Waals surface area contributed by atoms with Crippen LogP contribution in [0.5, 0.6) is 0 Å². The first-order valence-corrected chi connectivity index (χ1v) is 7.88. The number of nitrogens with one attached hydrogen (secondary N) is 1. The summed E-state index contributed by atoms with van der Waals surface area (Å²) in [6.45, 7) is 4.61. The molecule has 5 heteroatoms. The number of carboxylic acid groups (broad SMARTS) is 1. The van der Waals surface area contributed by atoms with Crippen molar-refractivity contribution in [1.82, 2.24) is 5.32 Å². The maximum atomic E-state index is 11.9. The Morgan fingerprint density at radius 1 is 1.40 bits per heavy atom. The van der Waals surface area contributed by atoms with E-state index in [9.17, 15) is 9.90 Å². The van der Waals surface area contributed by atoms with Crippen LogP contribution in [-0.4, -0.2) is 40.3 Å². The third-order valence-corrected chi connectivity index (χ3v) is 4.63. The summed E-state index contributed by atoms with van der Waals surface area (Å²) in [5, 5.41) is 22.0. The zero-order valence-electron chi connectivity index (χ0n) is 12.0. The fourth-order valence-corrected chi connectivity index (χ4v) is 3.25. The number of carbonyl (C=O) groups is 1. The lowest BCUT2D eigenvalue weighted by Gasteiger charge is -2.31. The first kappa shape index (κ1) is 17.0. The molecule has 3 N–H and O–H groups in total. The number of carboxylic acids is 1. The van der Waals surface area contributed by atoms with Crippen LogP contribution in [0.15, 0.2) is 30.3 Å². The molecular weight excluding hydrogens is 274 g/mol. The zero-order valence-corrected chi connectivity index (χ0v) is 12.8. The Balaban J connectivity index is 2.97. The van der Waals surface area contributed by atoms with Gasteiger partial charge in [-0.1, -0.05) is 44.2 Å². The van der Waals surface area contributed by atoms with Gasteiger partial charge in [-0.05, 0) is 18.5 Å². The van der Waals surface area contributed by atoms with Crippen molar-refractivity contribution in [3.8, 4) is 0 Å². The number of aliphatic hydroxyl groups is 1. The van der Waals surface area contributed by atoms with Crippen LogP contribution < -0.4 is 5.32 Å². The Kier molecular flexibility index (Phi) is 7.05. The molecule has 0 aliphatic carbocycles. The van der Waals surface area contributed by atoms with Gasteiger partial charge in [0.25, 0.3) is 0 Å². The summed E-state index contributed by atoms with van der Waals surface area (Å²) in [7, 11) is 0. The highest BCUT2D eigenvalue weighted by Crippen LogP contribution is 2.29. The quantitative estimate of drug-likeness (QED) is 0.651. The molecule has 112 valence electrons. The molecule has 0 radical (unpaired) electrons. The van der Waals surface area contributed by atoms with E-state index in [1.807, 2.05) is 44.2 Å². The number of thioether (sulfide) groups is 1. The van der Waals surface area contributed by atoms with E-state index in [1.54, 1.807) is 11.8 Å². The molecule has 0 aromatic heterocycles. The first-order chi connectivity index (χ1) is 9.56. The summed E-state index contributed by atoms with van der Waals surface area (Å²) < 4.78 is 0. The van der Waals surface area contributed by atoms with E-state index in [1.165, 1.54) is 0 Å². The fourth-order valence-electron chi connectivity index (χ4n) is 2.05. The van der Waals surface area contributed by atoms with Gasteiger partial charge in [-0.25, -0.2) is 4.79 Å². The molecule has 0 bridgehead atoms. The zero-order chi connectivity index (χ0) is 15.0. The van der Waals surface area contributed by atoms with Gasteiger partial charge in [0.2, 0.25) is 0 Å². The smallest absolute Gasteiger partial charge is 0.329 e. The lowest BCUT2D eigenvalue weighted by Crippen LogP contribution is -2.51. The third kappa shape index (κ3) is 4.23. The standard InChI is InChI=1S/C15H23NO3S/c1-3-16-15(14(18)19,11-20-12(2)9-10-17)13-7-5-4-6-8-13/h4-8,12,16-17H,3,9-11H2,1-2H3,(H,18,19). The molecule has 0 spiro atoms. The number of aliphatic hydroxyl groups excluding tert-OH is 1. The largest absolute Gasteiger partial charge is 0.480 e. The molecule has 0 saturated carbocycles. The number of rotatable bonds is 9. The number of hydrogen-bond donors (Lipinski definition) is 3. The Morgan fingerprint density at radius 3 is 2.55 bits per heavy atom. The van der Waals surface area contributed by atoms with Gasteiger partial charge in [0, 0.05) is 17.6 Å². The minimum atomic E-state index is -1.08. The molecule has 0 aliphatic rings. The molecule has 1 aromatic rings. The van der Waals surface area contributed by atoms with Gasteiger partial charge in [0.1, 0.15) is 0 Å². The summed E-state index contributed by atoms with van der Waals surface area (Å²) in [5.41, 5.74) is -0.317. The Bertz CT molecular complexity index is 413. The minimum absolute atomic E-state index is 0.126. The highest BCUT2D eigenvalue weighted by molar-refractivity contribution is 7.99. The highest BCUT2D eigenvalue weighted by atomic mass is 32.2. The predicted octanol–water partition coefficient (Wildman–Crippen LogP) is 2.08. The second-order valence-electron chi connectivity index (χ2n) is 4.74. The number of benzene rings is 1. The number of aliphatic carboxylic acids is 1. The van der Waals surface area contributed by atoms with Crippen LogP contribution in [0, 0.1) is 0 Å². The van der Waals surface area contributed by atoms with Crippen molar-refractivity contribution in [2.24, 2.45) is 0 Å². The predicted molar refractivity (Wildman–Crippen MR) is 83.1 cm³/mol. The van der Waals surface area contributed by atoms with E-state index in [4.69, 9.17) is 5.11 Å². The molecule has 1 rings (SSSR count). The Labute approximate surface area is 124 Å². The van der Waals surface area contributed by atoms with Gasteiger partial charge >= 0.3 is 5.97 Å². The molecule has 1 aromatic carbocycles. The van der Waals surface area contributed by atoms with Gasteiger partial charge in [0.15, 0.2) is 5.54 Å². The number of hydrogen-bond acceptors (Lipinski definition) is 4. The average molecular weight is 297 g/mol.